The number of halogens is 1. The Morgan fingerprint density at radius 1 is 0.941 bits per heavy atom. The number of aromatic nitrogens is 4. The Morgan fingerprint density at radius 2 is 1.71 bits per heavy atom. The zero-order chi connectivity index (χ0) is 23.8. The van der Waals surface area contributed by atoms with Crippen molar-refractivity contribution in [2.24, 2.45) is 14.1 Å². The maximum Gasteiger partial charge on any atom is 0.332 e. The van der Waals surface area contributed by atoms with Gasteiger partial charge in [-0.05, 0) is 44.0 Å². The molecule has 1 aromatic carbocycles. The van der Waals surface area contributed by atoms with Gasteiger partial charge in [0, 0.05) is 70.6 Å². The molecule has 10 heteroatoms. The highest BCUT2D eigenvalue weighted by Crippen LogP contribution is 2.24. The molecule has 4 heterocycles. The summed E-state index contributed by atoms with van der Waals surface area (Å²) in [6, 6.07) is 8.07. The van der Waals surface area contributed by atoms with Gasteiger partial charge in [0.05, 0.1) is 0 Å². The van der Waals surface area contributed by atoms with E-state index in [1.807, 2.05) is 22.8 Å². The van der Waals surface area contributed by atoms with Crippen LogP contribution in [0.2, 0.25) is 5.02 Å². The molecule has 1 saturated heterocycles. The Balaban J connectivity index is 1.25. The molecule has 2 aromatic heterocycles. The smallest absolute Gasteiger partial charge is 0.332 e. The van der Waals surface area contributed by atoms with Crippen molar-refractivity contribution >= 4 is 34.4 Å². The molecule has 0 unspecified atom stereocenters. The Bertz CT molecular complexity index is 1300. The van der Waals surface area contributed by atoms with Gasteiger partial charge < -0.3 is 14.4 Å². The molecule has 182 valence electrons. The van der Waals surface area contributed by atoms with Crippen molar-refractivity contribution in [3.8, 4) is 0 Å². The number of hydrogen-bond donors (Lipinski definition) is 0. The summed E-state index contributed by atoms with van der Waals surface area (Å²) in [5, 5.41) is 0.779. The van der Waals surface area contributed by atoms with Crippen molar-refractivity contribution in [1.82, 2.24) is 23.6 Å². The topological polar surface area (TPSA) is 71.5 Å². The number of anilines is 2. The summed E-state index contributed by atoms with van der Waals surface area (Å²) in [5.74, 6) is 0.816. The Labute approximate surface area is 203 Å². The minimum Gasteiger partial charge on any atom is -0.369 e. The molecule has 34 heavy (non-hydrogen) atoms. The second-order valence-electron chi connectivity index (χ2n) is 9.30. The molecule has 3 aromatic rings. The SMILES string of the molecule is Cn1c(=O)c2c(nc3n2CCCCN3CCCN2CCN(c3cccc(Cl)c3)CC2)n(C)c1=O. The largest absolute Gasteiger partial charge is 0.369 e. The van der Waals surface area contributed by atoms with E-state index in [-0.39, 0.29) is 11.2 Å². The average molecular weight is 486 g/mol. The lowest BCUT2D eigenvalue weighted by Gasteiger charge is -2.36. The first-order chi connectivity index (χ1) is 16.4. The Hall–Kier alpha value is -2.78. The minimum absolute atomic E-state index is 0.267. The van der Waals surface area contributed by atoms with E-state index < -0.39 is 0 Å². The molecular weight excluding hydrogens is 454 g/mol. The fourth-order valence-electron chi connectivity index (χ4n) is 5.16. The zero-order valence-corrected chi connectivity index (χ0v) is 20.7. The van der Waals surface area contributed by atoms with Gasteiger partial charge in [-0.25, -0.2) is 4.79 Å². The summed E-state index contributed by atoms with van der Waals surface area (Å²) in [7, 11) is 3.22. The van der Waals surface area contributed by atoms with Crippen LogP contribution in [0.15, 0.2) is 33.9 Å². The van der Waals surface area contributed by atoms with Crippen molar-refractivity contribution in [1.29, 1.82) is 0 Å². The molecular formula is C24H32ClN7O2. The van der Waals surface area contributed by atoms with Crippen LogP contribution in [0.25, 0.3) is 11.2 Å². The molecule has 0 bridgehead atoms. The third-order valence-corrected chi connectivity index (χ3v) is 7.35. The number of imidazole rings is 1. The Morgan fingerprint density at radius 3 is 2.47 bits per heavy atom. The number of nitrogens with zero attached hydrogens (tertiary/aromatic N) is 7. The van der Waals surface area contributed by atoms with Crippen LogP contribution < -0.4 is 21.0 Å². The van der Waals surface area contributed by atoms with Crippen molar-refractivity contribution in [3.05, 3.63) is 50.1 Å². The molecule has 1 fully saturated rings. The molecule has 0 amide bonds. The molecule has 0 saturated carbocycles. The van der Waals surface area contributed by atoms with E-state index in [1.54, 1.807) is 7.05 Å². The molecule has 2 aliphatic heterocycles. The number of fused-ring (bicyclic) bond motifs is 3. The lowest BCUT2D eigenvalue weighted by Crippen LogP contribution is -2.47. The predicted octanol–water partition coefficient (Wildman–Crippen LogP) is 1.90. The normalized spacial score (nSPS) is 17.3. The summed E-state index contributed by atoms with van der Waals surface area (Å²) in [6.45, 7) is 7.63. The van der Waals surface area contributed by atoms with Crippen molar-refractivity contribution in [3.63, 3.8) is 0 Å². The van der Waals surface area contributed by atoms with Gasteiger partial charge >= 0.3 is 5.69 Å². The van der Waals surface area contributed by atoms with Crippen LogP contribution in [0.4, 0.5) is 11.6 Å². The van der Waals surface area contributed by atoms with E-state index in [1.165, 1.54) is 21.9 Å². The first-order valence-electron chi connectivity index (χ1n) is 12.1. The predicted molar refractivity (Wildman–Crippen MR) is 136 cm³/mol. The maximum atomic E-state index is 12.9. The van der Waals surface area contributed by atoms with Gasteiger partial charge in [-0.2, -0.15) is 4.98 Å². The van der Waals surface area contributed by atoms with E-state index in [2.05, 4.69) is 20.8 Å². The van der Waals surface area contributed by atoms with Gasteiger partial charge in [-0.15, -0.1) is 0 Å². The quantitative estimate of drug-likeness (QED) is 0.549. The van der Waals surface area contributed by atoms with Gasteiger partial charge in [0.25, 0.3) is 5.56 Å². The van der Waals surface area contributed by atoms with Gasteiger partial charge in [0.1, 0.15) is 0 Å². The third-order valence-electron chi connectivity index (χ3n) is 7.12. The summed E-state index contributed by atoms with van der Waals surface area (Å²) in [6.07, 6.45) is 3.08. The lowest BCUT2D eigenvalue weighted by atomic mass is 10.2. The van der Waals surface area contributed by atoms with Crippen molar-refractivity contribution in [2.75, 3.05) is 55.6 Å². The van der Waals surface area contributed by atoms with E-state index >= 15 is 0 Å². The number of aryl methyl sites for hydroxylation is 2. The van der Waals surface area contributed by atoms with Gasteiger partial charge in [0.15, 0.2) is 11.2 Å². The molecule has 0 aliphatic carbocycles. The van der Waals surface area contributed by atoms with Gasteiger partial charge in [-0.1, -0.05) is 17.7 Å². The molecule has 9 nitrogen and oxygen atoms in total. The van der Waals surface area contributed by atoms with Crippen molar-refractivity contribution < 1.29 is 0 Å². The minimum atomic E-state index is -0.339. The first-order valence-corrected chi connectivity index (χ1v) is 12.5. The van der Waals surface area contributed by atoms with E-state index in [0.717, 1.165) is 82.6 Å². The van der Waals surface area contributed by atoms with Crippen LogP contribution in [0.1, 0.15) is 19.3 Å². The molecule has 0 radical (unpaired) electrons. The third kappa shape index (κ3) is 4.22. The maximum absolute atomic E-state index is 12.9. The van der Waals surface area contributed by atoms with Gasteiger partial charge in [0.2, 0.25) is 5.95 Å². The van der Waals surface area contributed by atoms with E-state index in [0.29, 0.717) is 11.2 Å². The summed E-state index contributed by atoms with van der Waals surface area (Å²) >= 11 is 6.16. The Kier molecular flexibility index (Phi) is 6.40. The molecule has 5 rings (SSSR count). The molecule has 0 atom stereocenters. The first kappa shape index (κ1) is 23.0. The summed E-state index contributed by atoms with van der Waals surface area (Å²) in [4.78, 5) is 37.2. The summed E-state index contributed by atoms with van der Waals surface area (Å²) in [5.41, 5.74) is 1.59. The zero-order valence-electron chi connectivity index (χ0n) is 19.9. The second-order valence-corrected chi connectivity index (χ2v) is 9.73. The summed E-state index contributed by atoms with van der Waals surface area (Å²) < 4.78 is 4.68. The number of rotatable bonds is 5. The highest BCUT2D eigenvalue weighted by atomic mass is 35.5. The van der Waals surface area contributed by atoms with Crippen LogP contribution in [-0.2, 0) is 20.6 Å². The van der Waals surface area contributed by atoms with Crippen LogP contribution in [0, 0.1) is 0 Å². The average Bonchev–Trinajstić information content (AvgIpc) is 3.12. The molecule has 0 N–H and O–H groups in total. The van der Waals surface area contributed by atoms with E-state index in [9.17, 15) is 9.59 Å². The fourth-order valence-corrected chi connectivity index (χ4v) is 5.34. The number of hydrogen-bond acceptors (Lipinski definition) is 6. The van der Waals surface area contributed by atoms with Crippen LogP contribution in [0.3, 0.4) is 0 Å². The number of piperazine rings is 1. The van der Waals surface area contributed by atoms with Crippen LogP contribution >= 0.6 is 11.6 Å². The standard InChI is InChI=1S/C24H32ClN7O2/c1-27-21-20(22(33)28(2)24(27)34)32-12-4-3-10-31(23(32)26-21)11-6-9-29-13-15-30(16-14-29)19-8-5-7-18(25)17-19/h5,7-8,17H,3-4,6,9-16H2,1-2H3. The molecule has 0 spiro atoms. The highest BCUT2D eigenvalue weighted by molar-refractivity contribution is 6.30. The van der Waals surface area contributed by atoms with E-state index in [4.69, 9.17) is 16.6 Å². The lowest BCUT2D eigenvalue weighted by molar-refractivity contribution is 0.255. The van der Waals surface area contributed by atoms with Crippen LogP contribution in [0.5, 0.6) is 0 Å². The van der Waals surface area contributed by atoms with Crippen LogP contribution in [-0.4, -0.2) is 69.4 Å². The monoisotopic (exact) mass is 485 g/mol. The second kappa shape index (κ2) is 9.46. The highest BCUT2D eigenvalue weighted by Gasteiger charge is 2.25. The van der Waals surface area contributed by atoms with Crippen molar-refractivity contribution in [2.45, 2.75) is 25.8 Å². The molecule has 2 aliphatic rings. The fraction of sp³-hybridized carbons (Fsp3) is 0.542. The van der Waals surface area contributed by atoms with Gasteiger partial charge in [-0.3, -0.25) is 18.8 Å². The number of benzene rings is 1.